The van der Waals surface area contributed by atoms with Crippen LogP contribution in [0.1, 0.15) is 0 Å². The zero-order valence-corrected chi connectivity index (χ0v) is 13.8. The number of nitrogens with zero attached hydrogens (tertiary/aromatic N) is 5. The van der Waals surface area contributed by atoms with E-state index in [1.807, 2.05) is 24.3 Å². The van der Waals surface area contributed by atoms with Gasteiger partial charge in [0.15, 0.2) is 0 Å². The van der Waals surface area contributed by atoms with Gasteiger partial charge in [-0.05, 0) is 12.1 Å². The van der Waals surface area contributed by atoms with Crippen LogP contribution in [-0.2, 0) is 4.79 Å². The zero-order valence-electron chi connectivity index (χ0n) is 13.0. The van der Waals surface area contributed by atoms with E-state index in [1.165, 1.54) is 11.3 Å². The third-order valence-corrected chi connectivity index (χ3v) is 4.63. The van der Waals surface area contributed by atoms with Crippen LogP contribution >= 0.6 is 11.3 Å². The van der Waals surface area contributed by atoms with Gasteiger partial charge in [0.05, 0.1) is 17.6 Å². The Morgan fingerprint density at radius 3 is 2.83 bits per heavy atom. The van der Waals surface area contributed by atoms with Crippen molar-refractivity contribution in [3.05, 3.63) is 29.8 Å². The number of para-hydroxylation sites is 2. The van der Waals surface area contributed by atoms with Crippen molar-refractivity contribution in [3.63, 3.8) is 0 Å². The smallest absolute Gasteiger partial charge is 0.240 e. The number of nitrogens with one attached hydrogen (secondary N) is 2. The monoisotopic (exact) mass is 343 g/mol. The number of piperazine rings is 1. The molecule has 0 atom stereocenters. The van der Waals surface area contributed by atoms with Gasteiger partial charge in [0, 0.05) is 26.2 Å². The molecule has 8 nitrogen and oxygen atoms in total. The predicted octanol–water partition coefficient (Wildman–Crippen LogP) is 1.18. The normalized spacial score (nSPS) is 15.8. The fourth-order valence-electron chi connectivity index (χ4n) is 2.80. The molecule has 0 radical (unpaired) electrons. The van der Waals surface area contributed by atoms with Crippen molar-refractivity contribution in [2.24, 2.45) is 0 Å². The Kier molecular flexibility index (Phi) is 4.09. The minimum absolute atomic E-state index is 0.0519. The number of anilines is 2. The van der Waals surface area contributed by atoms with E-state index >= 15 is 0 Å². The maximum atomic E-state index is 12.0. The molecule has 0 bridgehead atoms. The van der Waals surface area contributed by atoms with Crippen LogP contribution in [0.15, 0.2) is 29.8 Å². The minimum atomic E-state index is -0.0519. The second-order valence-electron chi connectivity index (χ2n) is 5.63. The number of aromatic nitrogens is 4. The molecule has 9 heteroatoms. The second-order valence-corrected chi connectivity index (χ2v) is 6.47. The van der Waals surface area contributed by atoms with E-state index in [4.69, 9.17) is 0 Å². The van der Waals surface area contributed by atoms with E-state index in [-0.39, 0.29) is 5.91 Å². The molecule has 3 aromatic rings. The summed E-state index contributed by atoms with van der Waals surface area (Å²) in [5.74, 6) is 0.845. The summed E-state index contributed by atoms with van der Waals surface area (Å²) in [6, 6.07) is 8.02. The van der Waals surface area contributed by atoms with E-state index in [0.29, 0.717) is 11.7 Å². The number of benzene rings is 1. The number of amides is 1. The van der Waals surface area contributed by atoms with Gasteiger partial charge in [-0.2, -0.15) is 0 Å². The molecule has 1 aliphatic heterocycles. The Bertz CT molecular complexity index is 790. The van der Waals surface area contributed by atoms with E-state index in [2.05, 4.69) is 35.3 Å². The molecule has 0 saturated carbocycles. The number of carbonyl (C=O) groups excluding carboxylic acids is 1. The SMILES string of the molecule is O=C(CN1CCN(c2nc3ccccc3[nH]2)CC1)Nc1nncs1. The molecule has 0 aliphatic carbocycles. The second kappa shape index (κ2) is 6.54. The summed E-state index contributed by atoms with van der Waals surface area (Å²) in [6.07, 6.45) is 0. The summed E-state index contributed by atoms with van der Waals surface area (Å²) < 4.78 is 0. The van der Waals surface area contributed by atoms with Crippen LogP contribution in [0, 0.1) is 0 Å². The van der Waals surface area contributed by atoms with Crippen LogP contribution in [0.2, 0.25) is 0 Å². The van der Waals surface area contributed by atoms with Crippen LogP contribution in [0.5, 0.6) is 0 Å². The molecule has 0 spiro atoms. The first-order valence-corrected chi connectivity index (χ1v) is 8.64. The maximum Gasteiger partial charge on any atom is 0.240 e. The Morgan fingerprint density at radius 1 is 1.25 bits per heavy atom. The standard InChI is InChI=1S/C15H17N7OS/c23-13(19-15-20-16-10-24-15)9-21-5-7-22(8-6-21)14-17-11-3-1-2-4-12(11)18-14/h1-4,10H,5-9H2,(H,17,18)(H,19,20,23). The lowest BCUT2D eigenvalue weighted by Crippen LogP contribution is -2.49. The molecule has 1 saturated heterocycles. The summed E-state index contributed by atoms with van der Waals surface area (Å²) in [5, 5.41) is 10.8. The number of hydrogen-bond acceptors (Lipinski definition) is 7. The Hall–Kier alpha value is -2.52. The number of imidazole rings is 1. The summed E-state index contributed by atoms with van der Waals surface area (Å²) in [6.45, 7) is 3.69. The molecular formula is C15H17N7OS. The van der Waals surface area contributed by atoms with Gasteiger partial charge in [0.2, 0.25) is 17.0 Å². The Morgan fingerprint density at radius 2 is 2.08 bits per heavy atom. The van der Waals surface area contributed by atoms with Gasteiger partial charge in [0.25, 0.3) is 0 Å². The number of aromatic amines is 1. The van der Waals surface area contributed by atoms with Gasteiger partial charge in [-0.25, -0.2) is 4.98 Å². The van der Waals surface area contributed by atoms with Gasteiger partial charge in [0.1, 0.15) is 5.51 Å². The molecule has 2 N–H and O–H groups in total. The van der Waals surface area contributed by atoms with Crippen molar-refractivity contribution in [3.8, 4) is 0 Å². The highest BCUT2D eigenvalue weighted by molar-refractivity contribution is 7.13. The summed E-state index contributed by atoms with van der Waals surface area (Å²) >= 11 is 1.32. The lowest BCUT2D eigenvalue weighted by Gasteiger charge is -2.33. The molecule has 1 aliphatic rings. The van der Waals surface area contributed by atoms with Gasteiger partial charge in [-0.15, -0.1) is 10.2 Å². The van der Waals surface area contributed by atoms with Crippen LogP contribution in [0.3, 0.4) is 0 Å². The molecule has 24 heavy (non-hydrogen) atoms. The lowest BCUT2D eigenvalue weighted by molar-refractivity contribution is -0.117. The number of fused-ring (bicyclic) bond motifs is 1. The van der Waals surface area contributed by atoms with Crippen LogP contribution < -0.4 is 10.2 Å². The molecule has 0 unspecified atom stereocenters. The molecule has 1 aromatic carbocycles. The number of H-pyrrole nitrogens is 1. The number of rotatable bonds is 4. The first-order chi connectivity index (χ1) is 11.8. The summed E-state index contributed by atoms with van der Waals surface area (Å²) in [4.78, 5) is 24.3. The predicted molar refractivity (Wildman–Crippen MR) is 93.3 cm³/mol. The topological polar surface area (TPSA) is 90.0 Å². The van der Waals surface area contributed by atoms with Gasteiger partial charge < -0.3 is 9.88 Å². The molecule has 2 aromatic heterocycles. The van der Waals surface area contributed by atoms with Crippen LogP contribution in [-0.4, -0.2) is 63.7 Å². The van der Waals surface area contributed by atoms with E-state index < -0.39 is 0 Å². The molecular weight excluding hydrogens is 326 g/mol. The number of carbonyl (C=O) groups is 1. The molecule has 4 rings (SSSR count). The van der Waals surface area contributed by atoms with E-state index in [9.17, 15) is 4.79 Å². The average molecular weight is 343 g/mol. The molecule has 3 heterocycles. The van der Waals surface area contributed by atoms with Crippen LogP contribution in [0.4, 0.5) is 11.1 Å². The summed E-state index contributed by atoms with van der Waals surface area (Å²) in [5.41, 5.74) is 3.62. The first-order valence-electron chi connectivity index (χ1n) is 7.76. The molecule has 1 amide bonds. The Labute approximate surface area is 142 Å². The van der Waals surface area contributed by atoms with E-state index in [0.717, 1.165) is 43.2 Å². The van der Waals surface area contributed by atoms with E-state index in [1.54, 1.807) is 5.51 Å². The maximum absolute atomic E-state index is 12.0. The fourth-order valence-corrected chi connectivity index (χ4v) is 3.26. The highest BCUT2D eigenvalue weighted by atomic mass is 32.1. The molecule has 124 valence electrons. The largest absolute Gasteiger partial charge is 0.340 e. The van der Waals surface area contributed by atoms with Crippen molar-refractivity contribution in [1.29, 1.82) is 0 Å². The average Bonchev–Trinajstić information content (AvgIpc) is 3.24. The summed E-state index contributed by atoms with van der Waals surface area (Å²) in [7, 11) is 0. The van der Waals surface area contributed by atoms with Crippen molar-refractivity contribution >= 4 is 39.4 Å². The van der Waals surface area contributed by atoms with Crippen molar-refractivity contribution < 1.29 is 4.79 Å². The highest BCUT2D eigenvalue weighted by Crippen LogP contribution is 2.18. The Balaban J connectivity index is 1.32. The third-order valence-electron chi connectivity index (χ3n) is 4.02. The van der Waals surface area contributed by atoms with Crippen molar-refractivity contribution in [2.75, 3.05) is 42.9 Å². The number of hydrogen-bond donors (Lipinski definition) is 2. The third kappa shape index (κ3) is 3.22. The van der Waals surface area contributed by atoms with Gasteiger partial charge in [-0.3, -0.25) is 15.0 Å². The first kappa shape index (κ1) is 15.0. The van der Waals surface area contributed by atoms with Crippen molar-refractivity contribution in [2.45, 2.75) is 0 Å². The quantitative estimate of drug-likeness (QED) is 0.739. The zero-order chi connectivity index (χ0) is 16.4. The minimum Gasteiger partial charge on any atom is -0.340 e. The van der Waals surface area contributed by atoms with Crippen LogP contribution in [0.25, 0.3) is 11.0 Å². The van der Waals surface area contributed by atoms with Crippen molar-refractivity contribution in [1.82, 2.24) is 25.1 Å². The molecule has 1 fully saturated rings. The highest BCUT2D eigenvalue weighted by Gasteiger charge is 2.21. The fraction of sp³-hybridized carbons (Fsp3) is 0.333. The van der Waals surface area contributed by atoms with Gasteiger partial charge in [-0.1, -0.05) is 23.5 Å². The lowest BCUT2D eigenvalue weighted by atomic mass is 10.3. The van der Waals surface area contributed by atoms with Gasteiger partial charge >= 0.3 is 0 Å².